The molecule has 0 fully saturated rings. The van der Waals surface area contributed by atoms with Crippen LogP contribution >= 0.6 is 0 Å². The standard InChI is InChI=1S/C15H11F2NO/c16-11-3-1-9(2-4-11)15(18)14-8-10-7-12(17)5-6-13(10)19-14/h1-8,15H,18H2. The third kappa shape index (κ3) is 2.22. The molecule has 1 atom stereocenters. The van der Waals surface area contributed by atoms with Gasteiger partial charge in [-0.25, -0.2) is 8.78 Å². The third-order valence-corrected chi connectivity index (χ3v) is 3.03. The molecule has 0 amide bonds. The van der Waals surface area contributed by atoms with Gasteiger partial charge in [0.1, 0.15) is 23.0 Å². The van der Waals surface area contributed by atoms with E-state index in [4.69, 9.17) is 10.2 Å². The van der Waals surface area contributed by atoms with Crippen molar-refractivity contribution >= 4 is 11.0 Å². The minimum atomic E-state index is -0.504. The Kier molecular flexibility index (Phi) is 2.80. The number of halogens is 2. The summed E-state index contributed by atoms with van der Waals surface area (Å²) in [6.07, 6.45) is 0. The Morgan fingerprint density at radius 2 is 1.58 bits per heavy atom. The minimum absolute atomic E-state index is 0.317. The molecule has 2 nitrogen and oxygen atoms in total. The summed E-state index contributed by atoms with van der Waals surface area (Å²) in [5.74, 6) is -0.120. The number of furan rings is 1. The summed E-state index contributed by atoms with van der Waals surface area (Å²) >= 11 is 0. The summed E-state index contributed by atoms with van der Waals surface area (Å²) in [6.45, 7) is 0. The summed E-state index contributed by atoms with van der Waals surface area (Å²) in [5, 5.41) is 0.660. The van der Waals surface area contributed by atoms with Crippen LogP contribution in [0.25, 0.3) is 11.0 Å². The molecule has 1 aromatic heterocycles. The van der Waals surface area contributed by atoms with Crippen LogP contribution in [0.1, 0.15) is 17.4 Å². The van der Waals surface area contributed by atoms with E-state index >= 15 is 0 Å². The van der Waals surface area contributed by atoms with Crippen molar-refractivity contribution < 1.29 is 13.2 Å². The molecule has 3 aromatic rings. The van der Waals surface area contributed by atoms with Crippen molar-refractivity contribution in [3.8, 4) is 0 Å². The van der Waals surface area contributed by atoms with Crippen LogP contribution in [0.5, 0.6) is 0 Å². The highest BCUT2D eigenvalue weighted by Gasteiger charge is 2.14. The average Bonchev–Trinajstić information content (AvgIpc) is 2.81. The molecule has 3 rings (SSSR count). The van der Waals surface area contributed by atoms with Crippen molar-refractivity contribution in [3.05, 3.63) is 71.5 Å². The van der Waals surface area contributed by atoms with Crippen LogP contribution in [0.4, 0.5) is 8.78 Å². The van der Waals surface area contributed by atoms with Gasteiger partial charge < -0.3 is 10.2 Å². The van der Waals surface area contributed by atoms with Gasteiger partial charge in [0.2, 0.25) is 0 Å². The van der Waals surface area contributed by atoms with Gasteiger partial charge in [-0.2, -0.15) is 0 Å². The largest absolute Gasteiger partial charge is 0.459 e. The summed E-state index contributed by atoms with van der Waals surface area (Å²) in [5.41, 5.74) is 7.37. The fraction of sp³-hybridized carbons (Fsp3) is 0.0667. The van der Waals surface area contributed by atoms with Crippen LogP contribution in [-0.4, -0.2) is 0 Å². The number of rotatable bonds is 2. The molecule has 19 heavy (non-hydrogen) atoms. The predicted octanol–water partition coefficient (Wildman–Crippen LogP) is 3.76. The van der Waals surface area contributed by atoms with Gasteiger partial charge in [0.25, 0.3) is 0 Å². The smallest absolute Gasteiger partial charge is 0.134 e. The second-order valence-electron chi connectivity index (χ2n) is 4.36. The van der Waals surface area contributed by atoms with Gasteiger partial charge in [0.15, 0.2) is 0 Å². The van der Waals surface area contributed by atoms with Crippen molar-refractivity contribution in [2.75, 3.05) is 0 Å². The highest BCUT2D eigenvalue weighted by atomic mass is 19.1. The maximum Gasteiger partial charge on any atom is 0.134 e. The molecule has 1 unspecified atom stereocenters. The molecule has 1 heterocycles. The quantitative estimate of drug-likeness (QED) is 0.761. The van der Waals surface area contributed by atoms with Gasteiger partial charge in [-0.05, 0) is 42.0 Å². The number of hydrogen-bond donors (Lipinski definition) is 1. The van der Waals surface area contributed by atoms with Crippen molar-refractivity contribution in [2.24, 2.45) is 5.73 Å². The van der Waals surface area contributed by atoms with Gasteiger partial charge in [0.05, 0.1) is 6.04 Å². The number of fused-ring (bicyclic) bond motifs is 1. The molecule has 0 spiro atoms. The molecule has 0 aliphatic carbocycles. The van der Waals surface area contributed by atoms with Crippen LogP contribution in [0.3, 0.4) is 0 Å². The SMILES string of the molecule is NC(c1ccc(F)cc1)c1cc2cc(F)ccc2o1. The van der Waals surface area contributed by atoms with Crippen LogP contribution in [0.15, 0.2) is 52.9 Å². The third-order valence-electron chi connectivity index (χ3n) is 3.03. The number of nitrogens with two attached hydrogens (primary N) is 1. The molecule has 0 aliphatic heterocycles. The molecular formula is C15H11F2NO. The van der Waals surface area contributed by atoms with E-state index in [0.29, 0.717) is 16.7 Å². The Hall–Kier alpha value is -2.20. The Bertz CT molecular complexity index is 719. The molecule has 0 bridgehead atoms. The van der Waals surface area contributed by atoms with Crippen molar-refractivity contribution in [2.45, 2.75) is 6.04 Å². The van der Waals surface area contributed by atoms with E-state index in [1.807, 2.05) is 0 Å². The van der Waals surface area contributed by atoms with Crippen LogP contribution < -0.4 is 5.73 Å². The highest BCUT2D eigenvalue weighted by molar-refractivity contribution is 5.78. The van der Waals surface area contributed by atoms with E-state index in [1.165, 1.54) is 24.3 Å². The monoisotopic (exact) mass is 259 g/mol. The molecule has 0 saturated heterocycles. The minimum Gasteiger partial charge on any atom is -0.459 e. The van der Waals surface area contributed by atoms with Crippen LogP contribution in [0.2, 0.25) is 0 Å². The van der Waals surface area contributed by atoms with E-state index in [2.05, 4.69) is 0 Å². The lowest BCUT2D eigenvalue weighted by Crippen LogP contribution is -2.10. The molecular weight excluding hydrogens is 248 g/mol. The first-order valence-electron chi connectivity index (χ1n) is 5.83. The van der Waals surface area contributed by atoms with Crippen molar-refractivity contribution in [1.82, 2.24) is 0 Å². The first-order valence-corrected chi connectivity index (χ1v) is 5.83. The lowest BCUT2D eigenvalue weighted by molar-refractivity contribution is 0.524. The average molecular weight is 259 g/mol. The second-order valence-corrected chi connectivity index (χ2v) is 4.36. The zero-order valence-electron chi connectivity index (χ0n) is 9.94. The van der Waals surface area contributed by atoms with E-state index in [0.717, 1.165) is 5.56 Å². The van der Waals surface area contributed by atoms with Gasteiger partial charge in [-0.15, -0.1) is 0 Å². The van der Waals surface area contributed by atoms with Crippen LogP contribution in [-0.2, 0) is 0 Å². The van der Waals surface area contributed by atoms with Crippen molar-refractivity contribution in [3.63, 3.8) is 0 Å². The second kappa shape index (κ2) is 4.48. The Morgan fingerprint density at radius 1 is 0.895 bits per heavy atom. The van der Waals surface area contributed by atoms with Gasteiger partial charge in [-0.3, -0.25) is 0 Å². The Balaban J connectivity index is 2.01. The highest BCUT2D eigenvalue weighted by Crippen LogP contribution is 2.27. The molecule has 2 aromatic carbocycles. The fourth-order valence-corrected chi connectivity index (χ4v) is 2.02. The van der Waals surface area contributed by atoms with E-state index in [-0.39, 0.29) is 11.6 Å². The molecule has 2 N–H and O–H groups in total. The maximum atomic E-state index is 13.1. The molecule has 0 radical (unpaired) electrons. The van der Waals surface area contributed by atoms with Gasteiger partial charge in [-0.1, -0.05) is 12.1 Å². The zero-order chi connectivity index (χ0) is 13.4. The Morgan fingerprint density at radius 3 is 2.32 bits per heavy atom. The number of benzene rings is 2. The van der Waals surface area contributed by atoms with E-state index in [9.17, 15) is 8.78 Å². The topological polar surface area (TPSA) is 39.2 Å². The first kappa shape index (κ1) is 11.9. The predicted molar refractivity (Wildman–Crippen MR) is 68.6 cm³/mol. The normalized spacial score (nSPS) is 12.8. The Labute approximate surface area is 108 Å². The van der Waals surface area contributed by atoms with E-state index in [1.54, 1.807) is 24.3 Å². The summed E-state index contributed by atoms with van der Waals surface area (Å²) in [4.78, 5) is 0. The zero-order valence-corrected chi connectivity index (χ0v) is 9.94. The van der Waals surface area contributed by atoms with E-state index < -0.39 is 6.04 Å². The summed E-state index contributed by atoms with van der Waals surface area (Å²) < 4.78 is 31.5. The lowest BCUT2D eigenvalue weighted by Gasteiger charge is -2.08. The molecule has 4 heteroatoms. The molecule has 0 aliphatic rings. The maximum absolute atomic E-state index is 13.1. The van der Waals surface area contributed by atoms with Gasteiger partial charge >= 0.3 is 0 Å². The van der Waals surface area contributed by atoms with Crippen LogP contribution in [0, 0.1) is 11.6 Å². The fourth-order valence-electron chi connectivity index (χ4n) is 2.02. The number of hydrogen-bond acceptors (Lipinski definition) is 2. The lowest BCUT2D eigenvalue weighted by atomic mass is 10.1. The van der Waals surface area contributed by atoms with Gasteiger partial charge in [0, 0.05) is 5.39 Å². The molecule has 96 valence electrons. The molecule has 0 saturated carbocycles. The summed E-state index contributed by atoms with van der Waals surface area (Å²) in [7, 11) is 0. The van der Waals surface area contributed by atoms with Crippen molar-refractivity contribution in [1.29, 1.82) is 0 Å². The first-order chi connectivity index (χ1) is 9.13. The summed E-state index contributed by atoms with van der Waals surface area (Å²) in [6, 6.07) is 11.4.